The van der Waals surface area contributed by atoms with E-state index in [1.165, 1.54) is 6.07 Å². The third-order valence-corrected chi connectivity index (χ3v) is 2.50. The minimum absolute atomic E-state index is 0.0344. The van der Waals surface area contributed by atoms with E-state index >= 15 is 0 Å². The van der Waals surface area contributed by atoms with Crippen molar-refractivity contribution in [1.29, 1.82) is 0 Å². The molecule has 0 spiro atoms. The number of nitrogens with two attached hydrogens (primary N) is 1. The molecule has 1 aromatic carbocycles. The second-order valence-electron chi connectivity index (χ2n) is 4.13. The van der Waals surface area contributed by atoms with Crippen LogP contribution in [0, 0.1) is 0 Å². The average molecular weight is 279 g/mol. The van der Waals surface area contributed by atoms with Crippen molar-refractivity contribution in [2.45, 2.75) is 12.8 Å². The highest BCUT2D eigenvalue weighted by Crippen LogP contribution is 2.13. The average Bonchev–Trinajstić information content (AvgIpc) is 2.38. The molecule has 108 valence electrons. The molecule has 1 aromatic rings. The number of benzene rings is 1. The number of carbonyl (C=O) groups excluding carboxylic acids is 2. The van der Waals surface area contributed by atoms with Gasteiger partial charge < -0.3 is 21.5 Å². The van der Waals surface area contributed by atoms with Crippen LogP contribution < -0.4 is 16.4 Å². The first-order valence-electron chi connectivity index (χ1n) is 6.12. The summed E-state index contributed by atoms with van der Waals surface area (Å²) in [4.78, 5) is 33.1. The number of carbonyl (C=O) groups is 3. The minimum Gasteiger partial charge on any atom is -0.481 e. The molecule has 0 aromatic heterocycles. The molecule has 5 N–H and O–H groups in total. The number of carboxylic acids is 1. The zero-order chi connectivity index (χ0) is 15.0. The highest BCUT2D eigenvalue weighted by Gasteiger charge is 2.09. The van der Waals surface area contributed by atoms with Crippen LogP contribution in [0.4, 0.5) is 5.69 Å². The number of hydrogen-bond acceptors (Lipinski definition) is 4. The molecule has 0 saturated carbocycles. The number of rotatable bonds is 8. The van der Waals surface area contributed by atoms with Gasteiger partial charge in [0.2, 0.25) is 5.91 Å². The Kier molecular flexibility index (Phi) is 6.18. The number of anilines is 1. The third kappa shape index (κ3) is 5.49. The lowest BCUT2D eigenvalue weighted by Gasteiger charge is -2.09. The van der Waals surface area contributed by atoms with Crippen LogP contribution in [0.15, 0.2) is 24.3 Å². The van der Waals surface area contributed by atoms with Gasteiger partial charge in [-0.15, -0.1) is 0 Å². The summed E-state index contributed by atoms with van der Waals surface area (Å²) in [5, 5.41) is 13.8. The highest BCUT2D eigenvalue weighted by molar-refractivity contribution is 6.03. The van der Waals surface area contributed by atoms with Crippen LogP contribution in [0.25, 0.3) is 0 Å². The molecule has 2 amide bonds. The molecule has 20 heavy (non-hydrogen) atoms. The molecule has 0 radical (unpaired) electrons. The second kappa shape index (κ2) is 7.90. The van der Waals surface area contributed by atoms with Crippen molar-refractivity contribution >= 4 is 23.5 Å². The van der Waals surface area contributed by atoms with E-state index in [0.717, 1.165) is 0 Å². The summed E-state index contributed by atoms with van der Waals surface area (Å²) in [5.41, 5.74) is 5.80. The van der Waals surface area contributed by atoms with E-state index in [1.807, 2.05) is 0 Å². The van der Waals surface area contributed by atoms with E-state index in [-0.39, 0.29) is 24.4 Å². The lowest BCUT2D eigenvalue weighted by atomic mass is 10.1. The van der Waals surface area contributed by atoms with Gasteiger partial charge in [-0.25, -0.2) is 0 Å². The van der Waals surface area contributed by atoms with Gasteiger partial charge in [0, 0.05) is 6.42 Å². The fourth-order valence-corrected chi connectivity index (χ4v) is 1.57. The van der Waals surface area contributed by atoms with Gasteiger partial charge >= 0.3 is 5.97 Å². The third-order valence-electron chi connectivity index (χ3n) is 2.50. The molecular formula is C13H17N3O4. The van der Waals surface area contributed by atoms with E-state index in [2.05, 4.69) is 10.6 Å². The zero-order valence-corrected chi connectivity index (χ0v) is 10.9. The van der Waals surface area contributed by atoms with Crippen molar-refractivity contribution in [3.05, 3.63) is 29.8 Å². The lowest BCUT2D eigenvalue weighted by Crippen LogP contribution is -2.29. The monoisotopic (exact) mass is 279 g/mol. The minimum atomic E-state index is -0.869. The standard InChI is InChI=1S/C13H17N3O4/c14-13(20)9-4-1-2-5-10(9)16-11(17)8-15-7-3-6-12(18)19/h1-2,4-5,15H,3,6-8H2,(H2,14,20)(H,16,17)(H,18,19). The first kappa shape index (κ1) is 15.6. The molecule has 0 aliphatic rings. The maximum atomic E-state index is 11.6. The van der Waals surface area contributed by atoms with Crippen molar-refractivity contribution in [2.75, 3.05) is 18.4 Å². The molecule has 0 heterocycles. The molecule has 0 bridgehead atoms. The zero-order valence-electron chi connectivity index (χ0n) is 10.9. The Hall–Kier alpha value is -2.41. The molecule has 0 atom stereocenters. The van der Waals surface area contributed by atoms with Crippen LogP contribution >= 0.6 is 0 Å². The van der Waals surface area contributed by atoms with Crippen molar-refractivity contribution in [1.82, 2.24) is 5.32 Å². The lowest BCUT2D eigenvalue weighted by molar-refractivity contribution is -0.137. The summed E-state index contributed by atoms with van der Waals surface area (Å²) < 4.78 is 0. The largest absolute Gasteiger partial charge is 0.481 e. The predicted molar refractivity (Wildman–Crippen MR) is 73.3 cm³/mol. The SMILES string of the molecule is NC(=O)c1ccccc1NC(=O)CNCCCC(=O)O. The highest BCUT2D eigenvalue weighted by atomic mass is 16.4. The maximum Gasteiger partial charge on any atom is 0.303 e. The van der Waals surface area contributed by atoms with Crippen molar-refractivity contribution in [2.24, 2.45) is 5.73 Å². The van der Waals surface area contributed by atoms with E-state index in [4.69, 9.17) is 10.8 Å². The van der Waals surface area contributed by atoms with Gasteiger partial charge in [-0.2, -0.15) is 0 Å². The van der Waals surface area contributed by atoms with Gasteiger partial charge in [0.25, 0.3) is 5.91 Å². The quantitative estimate of drug-likeness (QED) is 0.506. The van der Waals surface area contributed by atoms with E-state index < -0.39 is 11.9 Å². The fourth-order valence-electron chi connectivity index (χ4n) is 1.57. The van der Waals surface area contributed by atoms with Gasteiger partial charge in [-0.05, 0) is 25.1 Å². The molecule has 1 rings (SSSR count). The topological polar surface area (TPSA) is 122 Å². The number of primary amides is 1. The van der Waals surface area contributed by atoms with Gasteiger partial charge in [0.05, 0.1) is 17.8 Å². The molecule has 0 aliphatic heterocycles. The summed E-state index contributed by atoms with van der Waals surface area (Å²) in [5.74, 6) is -1.81. The van der Waals surface area contributed by atoms with Gasteiger partial charge in [-0.3, -0.25) is 14.4 Å². The maximum absolute atomic E-state index is 11.6. The van der Waals surface area contributed by atoms with Crippen LogP contribution in [0.3, 0.4) is 0 Å². The Labute approximate surface area is 116 Å². The molecule has 0 fully saturated rings. The van der Waals surface area contributed by atoms with E-state index in [9.17, 15) is 14.4 Å². The summed E-state index contributed by atoms with van der Waals surface area (Å²) >= 11 is 0. The van der Waals surface area contributed by atoms with Crippen molar-refractivity contribution in [3.63, 3.8) is 0 Å². The molecule has 0 saturated heterocycles. The van der Waals surface area contributed by atoms with Crippen LogP contribution in [0.5, 0.6) is 0 Å². The normalized spacial score (nSPS) is 10.0. The number of amides is 2. The molecular weight excluding hydrogens is 262 g/mol. The molecule has 7 nitrogen and oxygen atoms in total. The van der Waals surface area contributed by atoms with Gasteiger partial charge in [0.15, 0.2) is 0 Å². The Bertz CT molecular complexity index is 502. The summed E-state index contributed by atoms with van der Waals surface area (Å²) in [7, 11) is 0. The van der Waals surface area contributed by atoms with Crippen LogP contribution in [0.1, 0.15) is 23.2 Å². The smallest absolute Gasteiger partial charge is 0.303 e. The van der Waals surface area contributed by atoms with Crippen LogP contribution in [-0.2, 0) is 9.59 Å². The molecule has 0 aliphatic carbocycles. The van der Waals surface area contributed by atoms with Crippen molar-refractivity contribution in [3.8, 4) is 0 Å². The summed E-state index contributed by atoms with van der Waals surface area (Å²) in [6, 6.07) is 6.45. The summed E-state index contributed by atoms with van der Waals surface area (Å²) in [6.07, 6.45) is 0.500. The number of aliphatic carboxylic acids is 1. The van der Waals surface area contributed by atoms with Gasteiger partial charge in [-0.1, -0.05) is 12.1 Å². The Morgan fingerprint density at radius 2 is 1.90 bits per heavy atom. The number of nitrogens with one attached hydrogen (secondary N) is 2. The first-order chi connectivity index (χ1) is 9.50. The van der Waals surface area contributed by atoms with Crippen molar-refractivity contribution < 1.29 is 19.5 Å². The van der Waals surface area contributed by atoms with Gasteiger partial charge in [0.1, 0.15) is 0 Å². The second-order valence-corrected chi connectivity index (χ2v) is 4.13. The molecule has 7 heteroatoms. The fraction of sp³-hybridized carbons (Fsp3) is 0.308. The number of para-hydroxylation sites is 1. The Morgan fingerprint density at radius 3 is 2.55 bits per heavy atom. The Morgan fingerprint density at radius 1 is 1.20 bits per heavy atom. The van der Waals surface area contributed by atoms with E-state index in [0.29, 0.717) is 18.7 Å². The first-order valence-corrected chi connectivity index (χ1v) is 6.12. The Balaban J connectivity index is 2.39. The van der Waals surface area contributed by atoms with E-state index in [1.54, 1.807) is 18.2 Å². The number of carboxylic acid groups (broad SMARTS) is 1. The van der Waals surface area contributed by atoms with Crippen LogP contribution in [-0.4, -0.2) is 36.0 Å². The summed E-state index contributed by atoms with van der Waals surface area (Å²) in [6.45, 7) is 0.462. The number of hydrogen-bond donors (Lipinski definition) is 4. The predicted octanol–water partition coefficient (Wildman–Crippen LogP) is 0.178. The molecule has 0 unspecified atom stereocenters. The van der Waals surface area contributed by atoms with Crippen LogP contribution in [0.2, 0.25) is 0 Å².